The van der Waals surface area contributed by atoms with Crippen LogP contribution in [0, 0.1) is 0 Å². The number of rotatable bonds is 2. The summed E-state index contributed by atoms with van der Waals surface area (Å²) in [5.41, 5.74) is 2.76. The van der Waals surface area contributed by atoms with E-state index in [-0.39, 0.29) is 6.03 Å². The summed E-state index contributed by atoms with van der Waals surface area (Å²) < 4.78 is 7.19. The van der Waals surface area contributed by atoms with E-state index >= 15 is 0 Å². The van der Waals surface area contributed by atoms with Crippen LogP contribution in [0.5, 0.6) is 0 Å². The van der Waals surface area contributed by atoms with Gasteiger partial charge in [0.15, 0.2) is 0 Å². The zero-order chi connectivity index (χ0) is 17.2. The summed E-state index contributed by atoms with van der Waals surface area (Å²) in [5.74, 6) is 1.51. The molecule has 4 rings (SSSR count). The number of amides is 2. The van der Waals surface area contributed by atoms with Gasteiger partial charge in [-0.15, -0.1) is 0 Å². The molecular formula is C18H19N5O2. The van der Waals surface area contributed by atoms with E-state index in [0.29, 0.717) is 18.9 Å². The van der Waals surface area contributed by atoms with Gasteiger partial charge < -0.3 is 9.32 Å². The smallest absolute Gasteiger partial charge is 0.323 e. The Morgan fingerprint density at radius 3 is 3.08 bits per heavy atom. The van der Waals surface area contributed by atoms with Crippen LogP contribution in [0.2, 0.25) is 0 Å². The highest BCUT2D eigenvalue weighted by Gasteiger charge is 2.21. The monoisotopic (exact) mass is 337 g/mol. The molecule has 7 nitrogen and oxygen atoms in total. The normalized spacial score (nSPS) is 14.0. The highest BCUT2D eigenvalue weighted by molar-refractivity contribution is 5.88. The Labute approximate surface area is 145 Å². The van der Waals surface area contributed by atoms with E-state index in [4.69, 9.17) is 4.42 Å². The van der Waals surface area contributed by atoms with E-state index < -0.39 is 0 Å². The van der Waals surface area contributed by atoms with Crippen molar-refractivity contribution < 1.29 is 9.21 Å². The van der Waals surface area contributed by atoms with Crippen molar-refractivity contribution in [3.8, 4) is 11.3 Å². The van der Waals surface area contributed by atoms with Gasteiger partial charge in [-0.05, 0) is 24.6 Å². The number of hydrogen-bond donors (Lipinski definition) is 1. The van der Waals surface area contributed by atoms with E-state index in [9.17, 15) is 4.79 Å². The number of furan rings is 1. The van der Waals surface area contributed by atoms with Gasteiger partial charge in [-0.1, -0.05) is 6.07 Å². The molecule has 25 heavy (non-hydrogen) atoms. The second-order valence-corrected chi connectivity index (χ2v) is 6.14. The average Bonchev–Trinajstić information content (AvgIpc) is 3.19. The number of aryl methyl sites for hydroxylation is 2. The maximum Gasteiger partial charge on any atom is 0.323 e. The first-order chi connectivity index (χ1) is 12.2. The first kappa shape index (κ1) is 15.4. The van der Waals surface area contributed by atoms with Crippen LogP contribution in [0.4, 0.5) is 10.6 Å². The lowest BCUT2D eigenvalue weighted by Gasteiger charge is -2.20. The lowest BCUT2D eigenvalue weighted by atomic mass is 10.2. The lowest BCUT2D eigenvalue weighted by Crippen LogP contribution is -2.34. The molecular weight excluding hydrogens is 318 g/mol. The van der Waals surface area contributed by atoms with Crippen LogP contribution < -0.4 is 5.32 Å². The van der Waals surface area contributed by atoms with Crippen LogP contribution >= 0.6 is 0 Å². The molecule has 4 heterocycles. The minimum absolute atomic E-state index is 0.148. The van der Waals surface area contributed by atoms with Gasteiger partial charge in [0.05, 0.1) is 24.7 Å². The second-order valence-electron chi connectivity index (χ2n) is 6.14. The number of carbonyl (C=O) groups excluding carboxylic acids is 1. The Kier molecular flexibility index (Phi) is 3.97. The average molecular weight is 337 g/mol. The molecule has 1 aliphatic rings. The molecule has 0 unspecified atom stereocenters. The summed E-state index contributed by atoms with van der Waals surface area (Å²) >= 11 is 0. The van der Waals surface area contributed by atoms with Crippen LogP contribution in [-0.4, -0.2) is 32.2 Å². The molecule has 0 saturated carbocycles. The Balaban J connectivity index is 1.49. The summed E-state index contributed by atoms with van der Waals surface area (Å²) in [6.07, 6.45) is 7.08. The van der Waals surface area contributed by atoms with Gasteiger partial charge in [0.1, 0.15) is 11.6 Å². The second kappa shape index (κ2) is 6.43. The maximum atomic E-state index is 12.6. The van der Waals surface area contributed by atoms with E-state index in [1.54, 1.807) is 28.1 Å². The van der Waals surface area contributed by atoms with Crippen molar-refractivity contribution in [2.24, 2.45) is 7.05 Å². The van der Waals surface area contributed by atoms with Gasteiger partial charge in [-0.25, -0.2) is 9.78 Å². The molecule has 3 aromatic heterocycles. The summed E-state index contributed by atoms with van der Waals surface area (Å²) in [6, 6.07) is 7.35. The zero-order valence-corrected chi connectivity index (χ0v) is 14.0. The standard InChI is InChI=1S/C18H19N5O2/c1-22-11-14(10-19-22)15-4-2-6-17(20-15)21-18(24)23-8-3-5-16-13(12-23)7-9-25-16/h2,4,6-7,9-11H,3,5,8,12H2,1H3,(H,20,21,24). The fraction of sp³-hybridized carbons (Fsp3) is 0.278. The van der Waals surface area contributed by atoms with Crippen molar-refractivity contribution in [1.82, 2.24) is 19.7 Å². The molecule has 3 aromatic rings. The van der Waals surface area contributed by atoms with Crippen molar-refractivity contribution >= 4 is 11.8 Å². The molecule has 1 aliphatic heterocycles. The number of anilines is 1. The number of nitrogens with one attached hydrogen (secondary N) is 1. The van der Waals surface area contributed by atoms with E-state index in [2.05, 4.69) is 15.4 Å². The van der Waals surface area contributed by atoms with Gasteiger partial charge in [0.2, 0.25) is 0 Å². The summed E-state index contributed by atoms with van der Waals surface area (Å²) in [5, 5.41) is 7.05. The number of aromatic nitrogens is 3. The minimum Gasteiger partial charge on any atom is -0.469 e. The molecule has 128 valence electrons. The topological polar surface area (TPSA) is 76.2 Å². The fourth-order valence-electron chi connectivity index (χ4n) is 3.02. The van der Waals surface area contributed by atoms with E-state index in [1.165, 1.54) is 0 Å². The van der Waals surface area contributed by atoms with Crippen LogP contribution in [0.15, 0.2) is 47.3 Å². The molecule has 1 N–H and O–H groups in total. The maximum absolute atomic E-state index is 12.6. The zero-order valence-electron chi connectivity index (χ0n) is 14.0. The van der Waals surface area contributed by atoms with Gasteiger partial charge in [-0.2, -0.15) is 5.10 Å². The summed E-state index contributed by atoms with van der Waals surface area (Å²) in [6.45, 7) is 1.25. The first-order valence-corrected chi connectivity index (χ1v) is 8.26. The molecule has 0 aromatic carbocycles. The molecule has 0 radical (unpaired) electrons. The van der Waals surface area contributed by atoms with Gasteiger partial charge >= 0.3 is 6.03 Å². The number of pyridine rings is 1. The van der Waals surface area contributed by atoms with E-state index in [1.807, 2.05) is 31.4 Å². The van der Waals surface area contributed by atoms with Crippen molar-refractivity contribution in [1.29, 1.82) is 0 Å². The Bertz CT molecular complexity index is 898. The Morgan fingerprint density at radius 1 is 1.32 bits per heavy atom. The number of nitrogens with zero attached hydrogens (tertiary/aromatic N) is 4. The third-order valence-electron chi connectivity index (χ3n) is 4.30. The molecule has 0 saturated heterocycles. The molecule has 0 fully saturated rings. The Morgan fingerprint density at radius 2 is 2.24 bits per heavy atom. The third-order valence-corrected chi connectivity index (χ3v) is 4.30. The molecule has 0 atom stereocenters. The van der Waals surface area contributed by atoms with Crippen LogP contribution in [-0.2, 0) is 20.0 Å². The van der Waals surface area contributed by atoms with Crippen LogP contribution in [0.25, 0.3) is 11.3 Å². The first-order valence-electron chi connectivity index (χ1n) is 8.26. The van der Waals surface area contributed by atoms with Gasteiger partial charge in [-0.3, -0.25) is 10.00 Å². The van der Waals surface area contributed by atoms with Gasteiger partial charge in [0.25, 0.3) is 0 Å². The number of fused-ring (bicyclic) bond motifs is 1. The summed E-state index contributed by atoms with van der Waals surface area (Å²) in [7, 11) is 1.86. The Hall–Kier alpha value is -3.09. The predicted octanol–water partition coefficient (Wildman–Crippen LogP) is 3.06. The third kappa shape index (κ3) is 3.26. The molecule has 7 heteroatoms. The fourth-order valence-corrected chi connectivity index (χ4v) is 3.02. The largest absolute Gasteiger partial charge is 0.469 e. The number of carbonyl (C=O) groups is 1. The van der Waals surface area contributed by atoms with Crippen molar-refractivity contribution in [2.75, 3.05) is 11.9 Å². The van der Waals surface area contributed by atoms with Crippen molar-refractivity contribution in [3.05, 3.63) is 54.2 Å². The molecule has 0 aliphatic carbocycles. The summed E-state index contributed by atoms with van der Waals surface area (Å²) in [4.78, 5) is 18.9. The van der Waals surface area contributed by atoms with E-state index in [0.717, 1.165) is 35.4 Å². The van der Waals surface area contributed by atoms with Gasteiger partial charge in [0, 0.05) is 37.3 Å². The quantitative estimate of drug-likeness (QED) is 0.780. The predicted molar refractivity (Wildman–Crippen MR) is 92.9 cm³/mol. The lowest BCUT2D eigenvalue weighted by molar-refractivity contribution is 0.210. The molecule has 0 spiro atoms. The van der Waals surface area contributed by atoms with Crippen LogP contribution in [0.1, 0.15) is 17.7 Å². The van der Waals surface area contributed by atoms with Crippen LogP contribution in [0.3, 0.4) is 0 Å². The number of hydrogen-bond acceptors (Lipinski definition) is 4. The number of urea groups is 1. The highest BCUT2D eigenvalue weighted by Crippen LogP contribution is 2.21. The molecule has 0 bridgehead atoms. The highest BCUT2D eigenvalue weighted by atomic mass is 16.3. The van der Waals surface area contributed by atoms with Crippen molar-refractivity contribution in [3.63, 3.8) is 0 Å². The van der Waals surface area contributed by atoms with Crippen molar-refractivity contribution in [2.45, 2.75) is 19.4 Å². The SMILES string of the molecule is Cn1cc(-c2cccc(NC(=O)N3CCCc4occc4C3)n2)cn1. The molecule has 2 amide bonds. The minimum atomic E-state index is -0.148.